The Bertz CT molecular complexity index is 371. The van der Waals surface area contributed by atoms with Crippen LogP contribution >= 0.6 is 11.8 Å². The van der Waals surface area contributed by atoms with Gasteiger partial charge in [-0.2, -0.15) is 0 Å². The molecule has 0 aliphatic rings. The summed E-state index contributed by atoms with van der Waals surface area (Å²) in [6.07, 6.45) is 5.91. The predicted octanol–water partition coefficient (Wildman–Crippen LogP) is 1.63. The summed E-state index contributed by atoms with van der Waals surface area (Å²) in [5, 5.41) is 0.779. The number of nitrogens with two attached hydrogens (primary N) is 1. The Hall–Kier alpha value is -1.14. The van der Waals surface area contributed by atoms with Crippen LogP contribution in [0, 0.1) is 0 Å². The van der Waals surface area contributed by atoms with Crippen molar-refractivity contribution in [3.63, 3.8) is 0 Å². The number of carbonyl (C=O) groups is 1. The molecule has 1 aromatic heterocycles. The molecule has 18 heavy (non-hydrogen) atoms. The van der Waals surface area contributed by atoms with Crippen LogP contribution in [-0.4, -0.2) is 34.3 Å². The zero-order valence-corrected chi connectivity index (χ0v) is 11.6. The molecule has 6 heteroatoms. The predicted molar refractivity (Wildman–Crippen MR) is 71.2 cm³/mol. The molecule has 1 atom stereocenters. The second kappa shape index (κ2) is 7.33. The molecule has 0 saturated heterocycles. The van der Waals surface area contributed by atoms with Gasteiger partial charge in [0.25, 0.3) is 0 Å². The Balaban J connectivity index is 2.17. The van der Waals surface area contributed by atoms with E-state index in [1.807, 2.05) is 0 Å². The van der Waals surface area contributed by atoms with Gasteiger partial charge in [-0.25, -0.2) is 9.97 Å². The maximum Gasteiger partial charge on any atom is 0.325 e. The molecular weight excluding hydrogens is 250 g/mol. The summed E-state index contributed by atoms with van der Waals surface area (Å²) >= 11 is 1.61. The van der Waals surface area contributed by atoms with E-state index in [4.69, 9.17) is 5.73 Å². The lowest BCUT2D eigenvalue weighted by Gasteiger charge is -2.20. The number of hydrogen-bond donors (Lipinski definition) is 1. The topological polar surface area (TPSA) is 78.1 Å². The van der Waals surface area contributed by atoms with Crippen molar-refractivity contribution in [2.45, 2.75) is 36.9 Å². The van der Waals surface area contributed by atoms with Crippen LogP contribution in [0.5, 0.6) is 0 Å². The fourth-order valence-electron chi connectivity index (χ4n) is 1.45. The van der Waals surface area contributed by atoms with Gasteiger partial charge in [0.05, 0.1) is 7.11 Å². The summed E-state index contributed by atoms with van der Waals surface area (Å²) in [6.45, 7) is 1.70. The first-order valence-corrected chi connectivity index (χ1v) is 6.82. The van der Waals surface area contributed by atoms with E-state index >= 15 is 0 Å². The lowest BCUT2D eigenvalue weighted by atomic mass is 9.97. The first-order chi connectivity index (χ1) is 8.56. The molecule has 0 saturated carbocycles. The van der Waals surface area contributed by atoms with E-state index in [0.29, 0.717) is 6.42 Å². The van der Waals surface area contributed by atoms with Gasteiger partial charge in [-0.15, -0.1) is 0 Å². The largest absolute Gasteiger partial charge is 0.468 e. The van der Waals surface area contributed by atoms with Crippen molar-refractivity contribution in [3.05, 3.63) is 18.5 Å². The lowest BCUT2D eigenvalue weighted by molar-refractivity contribution is -0.146. The lowest BCUT2D eigenvalue weighted by Crippen LogP contribution is -2.45. The minimum atomic E-state index is -0.886. The minimum Gasteiger partial charge on any atom is -0.468 e. The third kappa shape index (κ3) is 5.01. The second-order valence-corrected chi connectivity index (χ2v) is 5.31. The summed E-state index contributed by atoms with van der Waals surface area (Å²) < 4.78 is 4.65. The molecule has 0 bridgehead atoms. The van der Waals surface area contributed by atoms with Crippen molar-refractivity contribution >= 4 is 17.7 Å². The van der Waals surface area contributed by atoms with Gasteiger partial charge in [0.15, 0.2) is 5.16 Å². The number of nitrogens with zero attached hydrogens (tertiary/aromatic N) is 2. The molecule has 1 unspecified atom stereocenters. The molecule has 5 nitrogen and oxygen atoms in total. The van der Waals surface area contributed by atoms with Gasteiger partial charge in [0, 0.05) is 18.1 Å². The molecule has 1 aromatic rings. The van der Waals surface area contributed by atoms with E-state index in [0.717, 1.165) is 23.8 Å². The van der Waals surface area contributed by atoms with Gasteiger partial charge in [0.1, 0.15) is 5.54 Å². The van der Waals surface area contributed by atoms with Crippen molar-refractivity contribution < 1.29 is 9.53 Å². The molecule has 100 valence electrons. The van der Waals surface area contributed by atoms with Crippen LogP contribution in [0.4, 0.5) is 0 Å². The zero-order chi connectivity index (χ0) is 13.4. The molecule has 2 N–H and O–H groups in total. The van der Waals surface area contributed by atoms with Crippen molar-refractivity contribution in [2.24, 2.45) is 5.73 Å². The average molecular weight is 269 g/mol. The summed E-state index contributed by atoms with van der Waals surface area (Å²) in [7, 11) is 1.36. The first-order valence-electron chi connectivity index (χ1n) is 5.83. The van der Waals surface area contributed by atoms with E-state index in [2.05, 4.69) is 14.7 Å². The van der Waals surface area contributed by atoms with Gasteiger partial charge in [-0.1, -0.05) is 18.2 Å². The summed E-state index contributed by atoms with van der Waals surface area (Å²) in [5.41, 5.74) is 4.97. The second-order valence-electron chi connectivity index (χ2n) is 4.25. The molecular formula is C12H19N3O2S. The van der Waals surface area contributed by atoms with Crippen LogP contribution in [0.15, 0.2) is 23.6 Å². The van der Waals surface area contributed by atoms with Crippen molar-refractivity contribution in [3.8, 4) is 0 Å². The SMILES string of the molecule is COC(=O)C(C)(N)CCCCSc1ncccn1. The summed E-state index contributed by atoms with van der Waals surface area (Å²) in [4.78, 5) is 19.6. The van der Waals surface area contributed by atoms with E-state index < -0.39 is 5.54 Å². The van der Waals surface area contributed by atoms with Crippen molar-refractivity contribution in [1.82, 2.24) is 9.97 Å². The quantitative estimate of drug-likeness (QED) is 0.351. The van der Waals surface area contributed by atoms with E-state index in [1.54, 1.807) is 37.1 Å². The highest BCUT2D eigenvalue weighted by atomic mass is 32.2. The van der Waals surface area contributed by atoms with E-state index in [9.17, 15) is 4.79 Å². The number of rotatable bonds is 7. The molecule has 0 spiro atoms. The van der Waals surface area contributed by atoms with E-state index in [-0.39, 0.29) is 5.97 Å². The van der Waals surface area contributed by atoms with Gasteiger partial charge < -0.3 is 10.5 Å². The van der Waals surface area contributed by atoms with Crippen molar-refractivity contribution in [2.75, 3.05) is 12.9 Å². The number of methoxy groups -OCH3 is 1. The number of unbranched alkanes of at least 4 members (excludes halogenated alkanes) is 1. The highest BCUT2D eigenvalue weighted by Crippen LogP contribution is 2.17. The number of ether oxygens (including phenoxy) is 1. The van der Waals surface area contributed by atoms with Gasteiger partial charge in [0.2, 0.25) is 0 Å². The Morgan fingerprint density at radius 1 is 1.44 bits per heavy atom. The Morgan fingerprint density at radius 3 is 2.72 bits per heavy atom. The van der Waals surface area contributed by atoms with Crippen LogP contribution in [-0.2, 0) is 9.53 Å². The molecule has 0 radical (unpaired) electrons. The third-order valence-corrected chi connectivity index (χ3v) is 3.48. The molecule has 0 aliphatic heterocycles. The number of aromatic nitrogens is 2. The van der Waals surface area contributed by atoms with Crippen LogP contribution < -0.4 is 5.73 Å². The van der Waals surface area contributed by atoms with Gasteiger partial charge >= 0.3 is 5.97 Å². The maximum atomic E-state index is 11.3. The summed E-state index contributed by atoms with van der Waals surface area (Å²) in [5.74, 6) is 0.558. The normalized spacial score (nSPS) is 13.9. The molecule has 0 fully saturated rings. The zero-order valence-electron chi connectivity index (χ0n) is 10.8. The molecule has 1 heterocycles. The third-order valence-electron chi connectivity index (χ3n) is 2.52. The Kier molecular flexibility index (Phi) is 6.07. The number of thioether (sulfide) groups is 1. The fourth-order valence-corrected chi connectivity index (χ4v) is 2.25. The molecule has 0 aromatic carbocycles. The van der Waals surface area contributed by atoms with E-state index in [1.165, 1.54) is 7.11 Å². The van der Waals surface area contributed by atoms with Gasteiger partial charge in [-0.3, -0.25) is 4.79 Å². The Morgan fingerprint density at radius 2 is 2.11 bits per heavy atom. The first kappa shape index (κ1) is 14.9. The number of carbonyl (C=O) groups excluding carboxylic acids is 1. The number of esters is 1. The minimum absolute atomic E-state index is 0.360. The van der Waals surface area contributed by atoms with Crippen LogP contribution in [0.2, 0.25) is 0 Å². The standard InChI is InChI=1S/C12H19N3O2S/c1-12(13,10(16)17-2)6-3-4-9-18-11-14-7-5-8-15-11/h5,7-8H,3-4,6,9,13H2,1-2H3. The highest BCUT2D eigenvalue weighted by molar-refractivity contribution is 7.99. The maximum absolute atomic E-state index is 11.3. The fraction of sp³-hybridized carbons (Fsp3) is 0.583. The van der Waals surface area contributed by atoms with Gasteiger partial charge in [-0.05, 0) is 25.8 Å². The number of hydrogen-bond acceptors (Lipinski definition) is 6. The highest BCUT2D eigenvalue weighted by Gasteiger charge is 2.28. The summed E-state index contributed by atoms with van der Waals surface area (Å²) in [6, 6.07) is 1.79. The Labute approximate surface area is 112 Å². The monoisotopic (exact) mass is 269 g/mol. The van der Waals surface area contributed by atoms with Crippen LogP contribution in [0.25, 0.3) is 0 Å². The average Bonchev–Trinajstić information content (AvgIpc) is 2.38. The molecule has 1 rings (SSSR count). The van der Waals surface area contributed by atoms with Crippen molar-refractivity contribution in [1.29, 1.82) is 0 Å². The molecule has 0 aliphatic carbocycles. The molecule has 0 amide bonds. The smallest absolute Gasteiger partial charge is 0.325 e. The van der Waals surface area contributed by atoms with Crippen LogP contribution in [0.3, 0.4) is 0 Å². The van der Waals surface area contributed by atoms with Crippen LogP contribution in [0.1, 0.15) is 26.2 Å².